The molecule has 0 radical (unpaired) electrons. The highest BCUT2D eigenvalue weighted by Crippen LogP contribution is 2.37. The number of nitrogens with zero attached hydrogens (tertiary/aromatic N) is 1. The normalized spacial score (nSPS) is 28.5. The number of aliphatic hydroxyl groups is 1. The van der Waals surface area contributed by atoms with Gasteiger partial charge < -0.3 is 20.5 Å². The molecule has 2 fully saturated rings. The van der Waals surface area contributed by atoms with E-state index >= 15 is 0 Å². The molecule has 108 valence electrons. The zero-order valence-corrected chi connectivity index (χ0v) is 11.6. The van der Waals surface area contributed by atoms with Crippen LogP contribution in [0.3, 0.4) is 0 Å². The number of hydrogen-bond acceptors (Lipinski definition) is 4. The zero-order valence-electron chi connectivity index (χ0n) is 11.6. The van der Waals surface area contributed by atoms with Gasteiger partial charge in [-0.2, -0.15) is 0 Å². The van der Waals surface area contributed by atoms with E-state index < -0.39 is 0 Å². The van der Waals surface area contributed by atoms with Crippen molar-refractivity contribution in [1.82, 2.24) is 4.90 Å². The van der Waals surface area contributed by atoms with Crippen molar-refractivity contribution >= 4 is 11.6 Å². The molecule has 5 heteroatoms. The number of anilines is 1. The molecule has 0 aromatic heterocycles. The molecule has 2 unspecified atom stereocenters. The summed E-state index contributed by atoms with van der Waals surface area (Å²) in [5.74, 6) is 0.626. The smallest absolute Gasteiger partial charge is 0.256 e. The van der Waals surface area contributed by atoms with E-state index in [4.69, 9.17) is 10.5 Å². The van der Waals surface area contributed by atoms with E-state index in [0.717, 1.165) is 12.8 Å². The summed E-state index contributed by atoms with van der Waals surface area (Å²) in [5.41, 5.74) is 6.94. The van der Waals surface area contributed by atoms with Crippen molar-refractivity contribution < 1.29 is 14.6 Å². The first-order valence-electron chi connectivity index (χ1n) is 7.04. The summed E-state index contributed by atoms with van der Waals surface area (Å²) in [6.45, 7) is 0. The van der Waals surface area contributed by atoms with Gasteiger partial charge in [-0.1, -0.05) is 0 Å². The molecule has 3 rings (SSSR count). The molecule has 0 spiro atoms. The molecule has 2 bridgehead atoms. The van der Waals surface area contributed by atoms with Crippen LogP contribution in [0.25, 0.3) is 0 Å². The van der Waals surface area contributed by atoms with Gasteiger partial charge in [0.1, 0.15) is 5.75 Å². The average Bonchev–Trinajstić information content (AvgIpc) is 2.70. The summed E-state index contributed by atoms with van der Waals surface area (Å²) < 4.78 is 5.11. The number of aliphatic hydroxyl groups excluding tert-OH is 1. The fourth-order valence-electron chi connectivity index (χ4n) is 3.48. The Morgan fingerprint density at radius 1 is 1.35 bits per heavy atom. The van der Waals surface area contributed by atoms with Crippen LogP contribution in [0.1, 0.15) is 36.0 Å². The Kier molecular flexibility index (Phi) is 3.30. The molecule has 2 heterocycles. The van der Waals surface area contributed by atoms with Crippen LogP contribution in [0.2, 0.25) is 0 Å². The maximum atomic E-state index is 12.7. The van der Waals surface area contributed by atoms with E-state index in [-0.39, 0.29) is 24.1 Å². The third-order valence-corrected chi connectivity index (χ3v) is 4.43. The van der Waals surface area contributed by atoms with Gasteiger partial charge in [0.25, 0.3) is 5.91 Å². The highest BCUT2D eigenvalue weighted by molar-refractivity contribution is 6.00. The Morgan fingerprint density at radius 2 is 2.00 bits per heavy atom. The molecule has 1 amide bonds. The Hall–Kier alpha value is -1.75. The summed E-state index contributed by atoms with van der Waals surface area (Å²) in [5, 5.41) is 9.80. The number of nitrogens with two attached hydrogens (primary N) is 1. The number of methoxy groups -OCH3 is 1. The lowest BCUT2D eigenvalue weighted by molar-refractivity contribution is 0.0287. The number of piperidine rings is 1. The summed E-state index contributed by atoms with van der Waals surface area (Å²) in [4.78, 5) is 14.6. The standard InChI is InChI=1S/C15H20N2O3/c1-20-12-4-5-13(14(16)8-12)15(19)17-9-2-3-10(17)7-11(18)6-9/h4-5,8-11,18H,2-3,6-7,16H2,1H3. The van der Waals surface area contributed by atoms with Crippen molar-refractivity contribution in [2.24, 2.45) is 0 Å². The predicted octanol–water partition coefficient (Wildman–Crippen LogP) is 1.41. The van der Waals surface area contributed by atoms with Gasteiger partial charge in [0.2, 0.25) is 0 Å². The molecule has 1 aromatic rings. The Morgan fingerprint density at radius 3 is 2.55 bits per heavy atom. The van der Waals surface area contributed by atoms with Gasteiger partial charge in [-0.15, -0.1) is 0 Å². The molecule has 5 nitrogen and oxygen atoms in total. The van der Waals surface area contributed by atoms with E-state index in [1.54, 1.807) is 25.3 Å². The largest absolute Gasteiger partial charge is 0.497 e. The first-order chi connectivity index (χ1) is 9.60. The number of fused-ring (bicyclic) bond motifs is 2. The van der Waals surface area contributed by atoms with Crippen LogP contribution >= 0.6 is 0 Å². The van der Waals surface area contributed by atoms with Gasteiger partial charge in [-0.3, -0.25) is 4.79 Å². The third kappa shape index (κ3) is 2.12. The first kappa shape index (κ1) is 13.2. The summed E-state index contributed by atoms with van der Waals surface area (Å²) in [6, 6.07) is 5.45. The lowest BCUT2D eigenvalue weighted by Crippen LogP contribution is -2.48. The van der Waals surface area contributed by atoms with Gasteiger partial charge in [-0.25, -0.2) is 0 Å². The average molecular weight is 276 g/mol. The summed E-state index contributed by atoms with van der Waals surface area (Å²) in [7, 11) is 1.57. The van der Waals surface area contributed by atoms with Crippen LogP contribution in [0.5, 0.6) is 5.75 Å². The summed E-state index contributed by atoms with van der Waals surface area (Å²) in [6.07, 6.45) is 3.04. The van der Waals surface area contributed by atoms with E-state index in [1.807, 2.05) is 4.90 Å². The van der Waals surface area contributed by atoms with Crippen LogP contribution in [0, 0.1) is 0 Å². The Bertz CT molecular complexity index is 518. The Balaban J connectivity index is 1.86. The van der Waals surface area contributed by atoms with Crippen molar-refractivity contribution in [1.29, 1.82) is 0 Å². The SMILES string of the molecule is COc1ccc(C(=O)N2C3CCC2CC(O)C3)c(N)c1. The minimum Gasteiger partial charge on any atom is -0.497 e. The maximum Gasteiger partial charge on any atom is 0.256 e. The third-order valence-electron chi connectivity index (χ3n) is 4.43. The molecular formula is C15H20N2O3. The van der Waals surface area contributed by atoms with E-state index in [1.165, 1.54) is 0 Å². The molecule has 1 aromatic carbocycles. The molecule has 0 saturated carbocycles. The minimum atomic E-state index is -0.273. The molecule has 2 atom stereocenters. The van der Waals surface area contributed by atoms with Crippen LogP contribution in [0.15, 0.2) is 18.2 Å². The maximum absolute atomic E-state index is 12.7. The monoisotopic (exact) mass is 276 g/mol. The number of carbonyl (C=O) groups is 1. The van der Waals surface area contributed by atoms with Crippen molar-refractivity contribution in [3.63, 3.8) is 0 Å². The fraction of sp³-hybridized carbons (Fsp3) is 0.533. The number of amides is 1. The Labute approximate surface area is 118 Å². The first-order valence-corrected chi connectivity index (χ1v) is 7.04. The second kappa shape index (κ2) is 4.98. The van der Waals surface area contributed by atoms with Gasteiger partial charge in [0.15, 0.2) is 0 Å². The molecule has 20 heavy (non-hydrogen) atoms. The fourth-order valence-corrected chi connectivity index (χ4v) is 3.48. The van der Waals surface area contributed by atoms with E-state index in [2.05, 4.69) is 0 Å². The number of rotatable bonds is 2. The van der Waals surface area contributed by atoms with Gasteiger partial charge in [0.05, 0.1) is 18.8 Å². The van der Waals surface area contributed by atoms with Crippen LogP contribution in [-0.2, 0) is 0 Å². The number of ether oxygens (including phenoxy) is 1. The van der Waals surface area contributed by atoms with Gasteiger partial charge in [0, 0.05) is 23.8 Å². The molecule has 0 aliphatic carbocycles. The van der Waals surface area contributed by atoms with Crippen molar-refractivity contribution in [2.75, 3.05) is 12.8 Å². The zero-order chi connectivity index (χ0) is 14.3. The van der Waals surface area contributed by atoms with E-state index in [9.17, 15) is 9.90 Å². The van der Waals surface area contributed by atoms with E-state index in [0.29, 0.717) is 29.8 Å². The highest BCUT2D eigenvalue weighted by Gasteiger charge is 2.43. The van der Waals surface area contributed by atoms with Gasteiger partial charge >= 0.3 is 0 Å². The van der Waals surface area contributed by atoms with Crippen LogP contribution in [-0.4, -0.2) is 41.2 Å². The summed E-state index contributed by atoms with van der Waals surface area (Å²) >= 11 is 0. The quantitative estimate of drug-likeness (QED) is 0.801. The van der Waals surface area contributed by atoms with Gasteiger partial charge in [-0.05, 0) is 37.8 Å². The van der Waals surface area contributed by atoms with Crippen molar-refractivity contribution in [2.45, 2.75) is 43.9 Å². The van der Waals surface area contributed by atoms with Crippen molar-refractivity contribution in [3.05, 3.63) is 23.8 Å². The topological polar surface area (TPSA) is 75.8 Å². The number of nitrogen functional groups attached to an aromatic ring is 1. The molecular weight excluding hydrogens is 256 g/mol. The lowest BCUT2D eigenvalue weighted by atomic mass is 9.98. The minimum absolute atomic E-state index is 0.0236. The highest BCUT2D eigenvalue weighted by atomic mass is 16.5. The molecule has 2 aliphatic rings. The van der Waals surface area contributed by atoms with Crippen LogP contribution in [0.4, 0.5) is 5.69 Å². The molecule has 2 aliphatic heterocycles. The molecule has 2 saturated heterocycles. The number of benzene rings is 1. The predicted molar refractivity (Wildman–Crippen MR) is 75.6 cm³/mol. The second-order valence-corrected chi connectivity index (χ2v) is 5.68. The lowest BCUT2D eigenvalue weighted by Gasteiger charge is -2.37. The van der Waals surface area contributed by atoms with Crippen molar-refractivity contribution in [3.8, 4) is 5.75 Å². The molecule has 3 N–H and O–H groups in total. The number of carbonyl (C=O) groups excluding carboxylic acids is 1. The number of hydrogen-bond donors (Lipinski definition) is 2. The second-order valence-electron chi connectivity index (χ2n) is 5.68. The van der Waals surface area contributed by atoms with Crippen LogP contribution < -0.4 is 10.5 Å².